The molecule has 1 aliphatic rings. The van der Waals surface area contributed by atoms with Crippen LogP contribution in [-0.2, 0) is 0 Å². The number of hydrogen-bond acceptors (Lipinski definition) is 4. The van der Waals surface area contributed by atoms with Crippen LogP contribution in [-0.4, -0.2) is 39.6 Å². The lowest BCUT2D eigenvalue weighted by Gasteiger charge is -2.31. The van der Waals surface area contributed by atoms with E-state index >= 15 is 0 Å². The highest BCUT2D eigenvalue weighted by Crippen LogP contribution is 2.26. The van der Waals surface area contributed by atoms with Gasteiger partial charge in [0.05, 0.1) is 16.9 Å². The number of nitrogens with one attached hydrogen (secondary N) is 1. The van der Waals surface area contributed by atoms with Crippen LogP contribution in [0.1, 0.15) is 34.6 Å². The maximum absolute atomic E-state index is 12.1. The molecule has 1 aromatic heterocycles. The summed E-state index contributed by atoms with van der Waals surface area (Å²) in [6, 6.07) is 3.61. The largest absolute Gasteiger partial charge is 0.388 e. The zero-order chi connectivity index (χ0) is 13.9. The summed E-state index contributed by atoms with van der Waals surface area (Å²) in [7, 11) is 0. The van der Waals surface area contributed by atoms with E-state index in [0.717, 1.165) is 35.7 Å². The van der Waals surface area contributed by atoms with Gasteiger partial charge in [0.1, 0.15) is 0 Å². The van der Waals surface area contributed by atoms with E-state index in [2.05, 4.69) is 10.3 Å². The molecule has 0 atom stereocenters. The third-order valence-corrected chi connectivity index (χ3v) is 4.46. The number of carbonyl (C=O) groups is 1. The van der Waals surface area contributed by atoms with Crippen molar-refractivity contribution in [2.24, 2.45) is 0 Å². The van der Waals surface area contributed by atoms with Crippen LogP contribution >= 0.6 is 11.8 Å². The van der Waals surface area contributed by atoms with Crippen molar-refractivity contribution in [3.8, 4) is 0 Å². The number of thioether (sulfide) groups is 1. The van der Waals surface area contributed by atoms with Crippen LogP contribution in [0.2, 0.25) is 0 Å². The summed E-state index contributed by atoms with van der Waals surface area (Å²) in [5.74, 6) is 1.76. The van der Waals surface area contributed by atoms with E-state index in [1.54, 1.807) is 6.07 Å². The predicted molar refractivity (Wildman–Crippen MR) is 77.6 cm³/mol. The lowest BCUT2D eigenvalue weighted by molar-refractivity contribution is 0.0311. The third kappa shape index (κ3) is 3.70. The standard InChI is InChI=1S/C14H20N2O2S/c1-10-3-4-12(11(2)16-10)13(17)15-9-14(18)5-7-19-8-6-14/h3-4,18H,5-9H2,1-2H3,(H,15,17). The Hall–Kier alpha value is -1.07. The number of nitrogens with zero attached hydrogens (tertiary/aromatic N) is 1. The molecule has 1 amide bonds. The van der Waals surface area contributed by atoms with E-state index in [4.69, 9.17) is 0 Å². The highest BCUT2D eigenvalue weighted by atomic mass is 32.2. The van der Waals surface area contributed by atoms with Gasteiger partial charge in [-0.2, -0.15) is 11.8 Å². The molecule has 0 saturated carbocycles. The predicted octanol–water partition coefficient (Wildman–Crippen LogP) is 1.69. The van der Waals surface area contributed by atoms with Crippen molar-refractivity contribution in [2.45, 2.75) is 32.3 Å². The first-order chi connectivity index (χ1) is 9.00. The van der Waals surface area contributed by atoms with Gasteiger partial charge in [0.25, 0.3) is 5.91 Å². The van der Waals surface area contributed by atoms with Crippen molar-refractivity contribution in [3.63, 3.8) is 0 Å². The van der Waals surface area contributed by atoms with E-state index in [1.807, 2.05) is 31.7 Å². The Morgan fingerprint density at radius 3 is 2.74 bits per heavy atom. The maximum Gasteiger partial charge on any atom is 0.253 e. The van der Waals surface area contributed by atoms with Crippen LogP contribution in [0, 0.1) is 13.8 Å². The molecule has 1 aromatic rings. The lowest BCUT2D eigenvalue weighted by atomic mass is 9.96. The number of amides is 1. The molecule has 0 radical (unpaired) electrons. The van der Waals surface area contributed by atoms with Crippen LogP contribution in [0.4, 0.5) is 0 Å². The van der Waals surface area contributed by atoms with Gasteiger partial charge in [-0.3, -0.25) is 9.78 Å². The van der Waals surface area contributed by atoms with Crippen molar-refractivity contribution < 1.29 is 9.90 Å². The SMILES string of the molecule is Cc1ccc(C(=O)NCC2(O)CCSCC2)c(C)n1. The number of aromatic nitrogens is 1. The van der Waals surface area contributed by atoms with Gasteiger partial charge in [0.2, 0.25) is 0 Å². The van der Waals surface area contributed by atoms with Crippen molar-refractivity contribution in [1.82, 2.24) is 10.3 Å². The average molecular weight is 280 g/mol. The Balaban J connectivity index is 1.97. The van der Waals surface area contributed by atoms with Crippen LogP contribution < -0.4 is 5.32 Å². The molecule has 104 valence electrons. The van der Waals surface area contributed by atoms with Crippen molar-refractivity contribution in [2.75, 3.05) is 18.1 Å². The van der Waals surface area contributed by atoms with E-state index < -0.39 is 5.60 Å². The molecule has 0 aliphatic carbocycles. The fourth-order valence-electron chi connectivity index (χ4n) is 2.19. The Morgan fingerprint density at radius 1 is 1.42 bits per heavy atom. The summed E-state index contributed by atoms with van der Waals surface area (Å²) in [5.41, 5.74) is 1.47. The van der Waals surface area contributed by atoms with Crippen molar-refractivity contribution >= 4 is 17.7 Å². The van der Waals surface area contributed by atoms with Gasteiger partial charge in [-0.25, -0.2) is 0 Å². The first-order valence-electron chi connectivity index (χ1n) is 6.53. The number of pyridine rings is 1. The first kappa shape index (κ1) is 14.3. The topological polar surface area (TPSA) is 62.2 Å². The minimum absolute atomic E-state index is 0.156. The quantitative estimate of drug-likeness (QED) is 0.884. The normalized spacial score (nSPS) is 18.1. The van der Waals surface area contributed by atoms with E-state index in [-0.39, 0.29) is 5.91 Å². The number of aliphatic hydroxyl groups is 1. The summed E-state index contributed by atoms with van der Waals surface area (Å²) in [4.78, 5) is 16.4. The van der Waals surface area contributed by atoms with Crippen LogP contribution in [0.25, 0.3) is 0 Å². The average Bonchev–Trinajstić information content (AvgIpc) is 2.37. The smallest absolute Gasteiger partial charge is 0.253 e. The Kier molecular flexibility index (Phi) is 4.47. The molecule has 0 aromatic carbocycles. The summed E-state index contributed by atoms with van der Waals surface area (Å²) in [5, 5.41) is 13.2. The lowest BCUT2D eigenvalue weighted by Crippen LogP contribution is -2.45. The fraction of sp³-hybridized carbons (Fsp3) is 0.571. The van der Waals surface area contributed by atoms with Gasteiger partial charge in [0, 0.05) is 12.2 Å². The van der Waals surface area contributed by atoms with Gasteiger partial charge in [-0.05, 0) is 50.3 Å². The summed E-state index contributed by atoms with van der Waals surface area (Å²) in [6.07, 6.45) is 1.48. The molecule has 0 spiro atoms. The number of hydrogen-bond donors (Lipinski definition) is 2. The highest BCUT2D eigenvalue weighted by Gasteiger charge is 2.30. The third-order valence-electron chi connectivity index (χ3n) is 3.47. The second kappa shape index (κ2) is 5.92. The van der Waals surface area contributed by atoms with E-state index in [1.165, 1.54) is 0 Å². The van der Waals surface area contributed by atoms with Crippen molar-refractivity contribution in [1.29, 1.82) is 0 Å². The highest BCUT2D eigenvalue weighted by molar-refractivity contribution is 7.99. The minimum atomic E-state index is -0.743. The zero-order valence-corrected chi connectivity index (χ0v) is 12.2. The monoisotopic (exact) mass is 280 g/mol. The Labute approximate surface area is 118 Å². The molecule has 0 bridgehead atoms. The fourth-order valence-corrected chi connectivity index (χ4v) is 3.45. The summed E-state index contributed by atoms with van der Waals surface area (Å²) >= 11 is 1.85. The molecular weight excluding hydrogens is 260 g/mol. The van der Waals surface area contributed by atoms with Crippen LogP contribution in [0.15, 0.2) is 12.1 Å². The van der Waals surface area contributed by atoms with Gasteiger partial charge in [0.15, 0.2) is 0 Å². The molecule has 5 heteroatoms. The molecule has 2 rings (SSSR count). The zero-order valence-electron chi connectivity index (χ0n) is 11.4. The molecule has 2 heterocycles. The maximum atomic E-state index is 12.1. The molecule has 19 heavy (non-hydrogen) atoms. The van der Waals surface area contributed by atoms with E-state index in [0.29, 0.717) is 12.1 Å². The molecule has 4 nitrogen and oxygen atoms in total. The van der Waals surface area contributed by atoms with Gasteiger partial charge >= 0.3 is 0 Å². The van der Waals surface area contributed by atoms with Gasteiger partial charge in [-0.1, -0.05) is 0 Å². The molecular formula is C14H20N2O2S. The molecule has 1 aliphatic heterocycles. The summed E-state index contributed by atoms with van der Waals surface area (Å²) in [6.45, 7) is 4.05. The Morgan fingerprint density at radius 2 is 2.11 bits per heavy atom. The molecule has 1 saturated heterocycles. The van der Waals surface area contributed by atoms with Crippen LogP contribution in [0.3, 0.4) is 0 Å². The minimum Gasteiger partial charge on any atom is -0.388 e. The summed E-state index contributed by atoms with van der Waals surface area (Å²) < 4.78 is 0. The number of carbonyl (C=O) groups excluding carboxylic acids is 1. The van der Waals surface area contributed by atoms with Crippen LogP contribution in [0.5, 0.6) is 0 Å². The second-order valence-electron chi connectivity index (χ2n) is 5.10. The molecule has 0 unspecified atom stereocenters. The first-order valence-corrected chi connectivity index (χ1v) is 7.68. The molecule has 2 N–H and O–H groups in total. The number of rotatable bonds is 3. The van der Waals surface area contributed by atoms with Crippen molar-refractivity contribution in [3.05, 3.63) is 29.1 Å². The molecule has 1 fully saturated rings. The van der Waals surface area contributed by atoms with Gasteiger partial charge < -0.3 is 10.4 Å². The van der Waals surface area contributed by atoms with E-state index in [9.17, 15) is 9.90 Å². The second-order valence-corrected chi connectivity index (χ2v) is 6.33. The van der Waals surface area contributed by atoms with Gasteiger partial charge in [-0.15, -0.1) is 0 Å². The Bertz CT molecular complexity index is 471. The number of aryl methyl sites for hydroxylation is 2.